The smallest absolute Gasteiger partial charge is 0.257 e. The van der Waals surface area contributed by atoms with Gasteiger partial charge in [0, 0.05) is 23.1 Å². The number of carbonyl (C=O) groups is 1. The van der Waals surface area contributed by atoms with Crippen molar-refractivity contribution in [1.29, 1.82) is 0 Å². The fourth-order valence-electron chi connectivity index (χ4n) is 4.79. The van der Waals surface area contributed by atoms with Crippen molar-refractivity contribution in [3.8, 4) is 5.75 Å². The lowest BCUT2D eigenvalue weighted by atomic mass is 9.95. The quantitative estimate of drug-likeness (QED) is 0.481. The van der Waals surface area contributed by atoms with E-state index in [4.69, 9.17) is 0 Å². The number of hydrogen-bond acceptors (Lipinski definition) is 3. The number of phenolic OH excluding ortho intramolecular Hbond substituents is 1. The zero-order chi connectivity index (χ0) is 20.4. The summed E-state index contributed by atoms with van der Waals surface area (Å²) < 4.78 is 14.2. The maximum Gasteiger partial charge on any atom is 0.257 e. The lowest BCUT2D eigenvalue weighted by molar-refractivity contribution is 0.0642. The molecule has 0 aliphatic carbocycles. The van der Waals surface area contributed by atoms with Gasteiger partial charge in [-0.2, -0.15) is 0 Å². The number of rotatable bonds is 1. The average molecular weight is 399 g/mol. The van der Waals surface area contributed by atoms with Gasteiger partial charge in [0.2, 0.25) is 0 Å². The molecule has 0 bridgehead atoms. The number of halogens is 1. The highest BCUT2D eigenvalue weighted by molar-refractivity contribution is 6.04. The molecule has 5 nitrogen and oxygen atoms in total. The van der Waals surface area contributed by atoms with Crippen LogP contribution in [0, 0.1) is 5.82 Å². The van der Waals surface area contributed by atoms with Gasteiger partial charge in [-0.3, -0.25) is 4.79 Å². The zero-order valence-corrected chi connectivity index (χ0v) is 16.0. The van der Waals surface area contributed by atoms with Crippen molar-refractivity contribution in [3.63, 3.8) is 0 Å². The molecule has 6 rings (SSSR count). The minimum atomic E-state index is -0.424. The van der Waals surface area contributed by atoms with E-state index in [1.54, 1.807) is 18.2 Å². The Balaban J connectivity index is 1.64. The van der Waals surface area contributed by atoms with Crippen molar-refractivity contribution < 1.29 is 14.3 Å². The summed E-state index contributed by atoms with van der Waals surface area (Å²) in [5.74, 6) is -0.153. The van der Waals surface area contributed by atoms with E-state index >= 15 is 0 Å². The van der Waals surface area contributed by atoms with Crippen LogP contribution in [0.25, 0.3) is 10.9 Å². The first-order chi connectivity index (χ1) is 14.6. The number of carbonyl (C=O) groups excluding carboxylic acids is 1. The third-order valence-corrected chi connectivity index (χ3v) is 6.06. The van der Waals surface area contributed by atoms with Crippen molar-refractivity contribution in [1.82, 2.24) is 9.88 Å². The second-order valence-electron chi connectivity index (χ2n) is 7.74. The summed E-state index contributed by atoms with van der Waals surface area (Å²) in [6.07, 6.45) is 0.257. The van der Waals surface area contributed by atoms with Crippen LogP contribution < -0.4 is 4.90 Å². The number of amides is 1. The lowest BCUT2D eigenvalue weighted by Gasteiger charge is -2.47. The summed E-state index contributed by atoms with van der Waals surface area (Å²) in [7, 11) is 0. The van der Waals surface area contributed by atoms with Gasteiger partial charge in [0.1, 0.15) is 11.6 Å². The molecule has 4 aromatic rings. The van der Waals surface area contributed by atoms with Crippen LogP contribution >= 0.6 is 0 Å². The molecule has 2 aliphatic rings. The van der Waals surface area contributed by atoms with Crippen molar-refractivity contribution in [2.45, 2.75) is 12.6 Å². The van der Waals surface area contributed by atoms with Gasteiger partial charge in [-0.25, -0.2) is 4.39 Å². The van der Waals surface area contributed by atoms with E-state index in [-0.39, 0.29) is 17.5 Å². The Kier molecular flexibility index (Phi) is 3.47. The number of aromatic nitrogens is 1. The van der Waals surface area contributed by atoms with E-state index in [1.165, 1.54) is 12.1 Å². The van der Waals surface area contributed by atoms with Crippen molar-refractivity contribution in [3.05, 3.63) is 89.4 Å². The third kappa shape index (κ3) is 2.30. The summed E-state index contributed by atoms with van der Waals surface area (Å²) in [4.78, 5) is 20.7. The second-order valence-corrected chi connectivity index (χ2v) is 7.74. The van der Waals surface area contributed by atoms with E-state index < -0.39 is 6.17 Å². The number of aromatic hydroxyl groups is 1. The number of nitrogens with one attached hydrogen (secondary N) is 1. The molecule has 2 N–H and O–H groups in total. The Bertz CT molecular complexity index is 1330. The van der Waals surface area contributed by atoms with E-state index in [9.17, 15) is 14.3 Å². The maximum atomic E-state index is 14.2. The molecule has 1 unspecified atom stereocenters. The first-order valence-corrected chi connectivity index (χ1v) is 9.90. The van der Waals surface area contributed by atoms with Crippen molar-refractivity contribution in [2.75, 3.05) is 11.4 Å². The molecule has 0 spiro atoms. The number of aromatic amines is 1. The standard InChI is InChI=1S/C24H18FN3O2/c25-14-4-3-5-15(12-14)28-21-7-2-1-6-18(21)24(30)27-11-10-17-19-13-16(29)8-9-20(19)26-22(17)23(27)28/h1-9,12-13,23,26,29H,10-11H2. The number of phenols is 1. The normalized spacial score (nSPS) is 17.6. The van der Waals surface area contributed by atoms with Crippen LogP contribution in [0.15, 0.2) is 66.7 Å². The van der Waals surface area contributed by atoms with E-state index in [0.717, 1.165) is 27.8 Å². The van der Waals surface area contributed by atoms with Crippen LogP contribution in [0.3, 0.4) is 0 Å². The van der Waals surface area contributed by atoms with Crippen LogP contribution in [-0.4, -0.2) is 27.4 Å². The number of hydrogen-bond donors (Lipinski definition) is 2. The zero-order valence-electron chi connectivity index (χ0n) is 16.0. The lowest BCUT2D eigenvalue weighted by Crippen LogP contribution is -2.50. The third-order valence-electron chi connectivity index (χ3n) is 6.06. The maximum absolute atomic E-state index is 14.2. The Morgan fingerprint density at radius 1 is 1.03 bits per heavy atom. The number of benzene rings is 3. The Morgan fingerprint density at radius 3 is 2.77 bits per heavy atom. The summed E-state index contributed by atoms with van der Waals surface area (Å²) in [5.41, 5.74) is 4.92. The van der Waals surface area contributed by atoms with Gasteiger partial charge in [0.15, 0.2) is 6.17 Å². The molecule has 1 atom stereocenters. The molecule has 1 amide bonds. The molecule has 3 aromatic carbocycles. The molecule has 148 valence electrons. The minimum absolute atomic E-state index is 0.0320. The molecule has 2 aliphatic heterocycles. The molecular weight excluding hydrogens is 381 g/mol. The Hall–Kier alpha value is -3.80. The molecule has 0 saturated heterocycles. The van der Waals surface area contributed by atoms with Crippen LogP contribution in [-0.2, 0) is 6.42 Å². The van der Waals surface area contributed by atoms with Crippen LogP contribution in [0.1, 0.15) is 27.8 Å². The van der Waals surface area contributed by atoms with Gasteiger partial charge in [-0.15, -0.1) is 0 Å². The largest absolute Gasteiger partial charge is 0.508 e. The summed E-state index contributed by atoms with van der Waals surface area (Å²) >= 11 is 0. The molecule has 0 radical (unpaired) electrons. The number of fused-ring (bicyclic) bond motifs is 6. The van der Waals surface area contributed by atoms with E-state index in [1.807, 2.05) is 46.2 Å². The Labute approximate surface area is 172 Å². The molecule has 1 aromatic heterocycles. The fourth-order valence-corrected chi connectivity index (χ4v) is 4.79. The van der Waals surface area contributed by atoms with Crippen molar-refractivity contribution >= 4 is 28.2 Å². The van der Waals surface area contributed by atoms with Crippen molar-refractivity contribution in [2.24, 2.45) is 0 Å². The minimum Gasteiger partial charge on any atom is -0.508 e. The topological polar surface area (TPSA) is 59.6 Å². The fraction of sp³-hybridized carbons (Fsp3) is 0.125. The molecule has 0 fully saturated rings. The predicted octanol–water partition coefficient (Wildman–Crippen LogP) is 4.86. The number of H-pyrrole nitrogens is 1. The van der Waals surface area contributed by atoms with Gasteiger partial charge < -0.3 is 19.9 Å². The molecule has 3 heterocycles. The highest BCUT2D eigenvalue weighted by Crippen LogP contribution is 2.47. The summed E-state index contributed by atoms with van der Waals surface area (Å²) in [5, 5.41) is 10.9. The molecule has 30 heavy (non-hydrogen) atoms. The first-order valence-electron chi connectivity index (χ1n) is 9.90. The summed E-state index contributed by atoms with van der Waals surface area (Å²) in [6, 6.07) is 19.2. The number of para-hydroxylation sites is 1. The first kappa shape index (κ1) is 17.1. The van der Waals surface area contributed by atoms with Crippen LogP contribution in [0.2, 0.25) is 0 Å². The van der Waals surface area contributed by atoms with E-state index in [0.29, 0.717) is 24.2 Å². The Morgan fingerprint density at radius 2 is 1.90 bits per heavy atom. The molecule has 6 heteroatoms. The van der Waals surface area contributed by atoms with Gasteiger partial charge in [0.25, 0.3) is 5.91 Å². The molecule has 0 saturated carbocycles. The average Bonchev–Trinajstić information content (AvgIpc) is 3.12. The van der Waals surface area contributed by atoms with E-state index in [2.05, 4.69) is 4.98 Å². The SMILES string of the molecule is O=C1c2ccccc2N(c2cccc(F)c2)C2c3[nH]c4ccc(O)cc4c3CCN12. The molecular formula is C24H18FN3O2. The van der Waals surface area contributed by atoms with Crippen LogP contribution in [0.4, 0.5) is 15.8 Å². The monoisotopic (exact) mass is 399 g/mol. The highest BCUT2D eigenvalue weighted by atomic mass is 19.1. The highest BCUT2D eigenvalue weighted by Gasteiger charge is 2.43. The number of nitrogens with zero attached hydrogens (tertiary/aromatic N) is 2. The predicted molar refractivity (Wildman–Crippen MR) is 112 cm³/mol. The van der Waals surface area contributed by atoms with Gasteiger partial charge in [0.05, 0.1) is 16.9 Å². The number of anilines is 2. The van der Waals surface area contributed by atoms with Gasteiger partial charge >= 0.3 is 0 Å². The second kappa shape index (κ2) is 6.10. The van der Waals surface area contributed by atoms with Crippen LogP contribution in [0.5, 0.6) is 5.75 Å². The summed E-state index contributed by atoms with van der Waals surface area (Å²) in [6.45, 7) is 0.541. The van der Waals surface area contributed by atoms with Gasteiger partial charge in [-0.05, 0) is 60.5 Å². The van der Waals surface area contributed by atoms with Gasteiger partial charge in [-0.1, -0.05) is 18.2 Å².